The van der Waals surface area contributed by atoms with Crippen molar-refractivity contribution in [3.63, 3.8) is 0 Å². The molecule has 2 aromatic heterocycles. The molecule has 0 bridgehead atoms. The molecular weight excluding hydrogens is 431 g/mol. The second-order valence-corrected chi connectivity index (χ2v) is 9.14. The van der Waals surface area contributed by atoms with Gasteiger partial charge in [0.15, 0.2) is 6.23 Å². The number of ether oxygens (including phenoxy) is 1. The summed E-state index contributed by atoms with van der Waals surface area (Å²) in [7, 11) is -3.97. The summed E-state index contributed by atoms with van der Waals surface area (Å²) in [4.78, 5) is 19.6. The summed E-state index contributed by atoms with van der Waals surface area (Å²) in [5, 5.41) is 21.0. The van der Waals surface area contributed by atoms with E-state index >= 15 is 0 Å². The minimum atomic E-state index is -3.97. The summed E-state index contributed by atoms with van der Waals surface area (Å²) in [6.07, 6.45) is 0.266. The number of nitrogens with two attached hydrogens (primary N) is 1. The number of rotatable bonds is 5. The van der Waals surface area contributed by atoms with Crippen molar-refractivity contribution in [2.45, 2.75) is 43.5 Å². The van der Waals surface area contributed by atoms with Gasteiger partial charge in [-0.15, -0.1) is 0 Å². The molecule has 0 aromatic carbocycles. The van der Waals surface area contributed by atoms with Gasteiger partial charge in [-0.1, -0.05) is 0 Å². The zero-order chi connectivity index (χ0) is 22.2. The first-order chi connectivity index (χ1) is 14.7. The molecule has 2 aliphatic heterocycles. The van der Waals surface area contributed by atoms with Crippen LogP contribution in [0.1, 0.15) is 31.2 Å². The first-order valence-electron chi connectivity index (χ1n) is 9.57. The Hall–Kier alpha value is -2.18. The smallest absolute Gasteiger partial charge is 0.387 e. The van der Waals surface area contributed by atoms with Gasteiger partial charge in [0.05, 0.1) is 19.3 Å². The lowest BCUT2D eigenvalue weighted by atomic mass is 9.99. The number of aliphatic hydroxyl groups is 2. The number of aromatic nitrogens is 3. The molecule has 2 aliphatic rings. The van der Waals surface area contributed by atoms with Crippen LogP contribution in [0.3, 0.4) is 0 Å². The van der Waals surface area contributed by atoms with Crippen LogP contribution in [0, 0.1) is 0 Å². The minimum Gasteiger partial charge on any atom is -0.387 e. The third-order valence-electron chi connectivity index (χ3n) is 5.23. The molecule has 4 rings (SSSR count). The predicted molar refractivity (Wildman–Crippen MR) is 106 cm³/mol. The Labute approximate surface area is 177 Å². The van der Waals surface area contributed by atoms with E-state index in [4.69, 9.17) is 24.0 Å². The molecule has 31 heavy (non-hydrogen) atoms. The number of anilines is 1. The Balaban J connectivity index is 1.47. The topological polar surface area (TPSA) is 168 Å². The molecule has 4 N–H and O–H groups in total. The minimum absolute atomic E-state index is 0.00817. The molecule has 0 aliphatic carbocycles. The lowest BCUT2D eigenvalue weighted by molar-refractivity contribution is -0.120. The first kappa shape index (κ1) is 22.0. The molecule has 0 radical (unpaired) electrons. The van der Waals surface area contributed by atoms with Gasteiger partial charge >= 0.3 is 13.5 Å². The number of phosphoric acid groups is 1. The van der Waals surface area contributed by atoms with Gasteiger partial charge in [-0.2, -0.15) is 4.98 Å². The highest BCUT2D eigenvalue weighted by molar-refractivity contribution is 7.48. The molecule has 0 amide bonds. The second kappa shape index (κ2) is 8.40. The van der Waals surface area contributed by atoms with E-state index in [0.717, 1.165) is 10.1 Å². The summed E-state index contributed by atoms with van der Waals surface area (Å²) in [6, 6.07) is 4.84. The van der Waals surface area contributed by atoms with E-state index in [1.165, 1.54) is 19.2 Å². The van der Waals surface area contributed by atoms with Gasteiger partial charge in [0.2, 0.25) is 0 Å². The van der Waals surface area contributed by atoms with E-state index in [1.54, 1.807) is 24.5 Å². The van der Waals surface area contributed by atoms with Crippen LogP contribution < -0.4 is 11.4 Å². The SMILES string of the molecule is C[C@]1(COP2(=O)OCCC(c3ccncc3)O2)O[C@@H](n2ccc(N)nc2=O)[C@H](O)[C@@H]1O. The summed E-state index contributed by atoms with van der Waals surface area (Å²) >= 11 is 0. The van der Waals surface area contributed by atoms with E-state index < -0.39 is 50.3 Å². The number of hydrogen-bond acceptors (Lipinski definition) is 11. The van der Waals surface area contributed by atoms with E-state index in [-0.39, 0.29) is 12.4 Å². The zero-order valence-corrected chi connectivity index (χ0v) is 17.5. The standard InChI is InChI=1S/C18H23N4O8P/c1-18(15(24)14(23)16(29-18)22-8-4-13(19)21-17(22)25)10-28-31(26)27-9-5-12(30-31)11-2-6-20-7-3-11/h2-4,6-8,12,14-16,23-24H,5,9-10H2,1H3,(H2,19,21,25)/t12?,14-,15+,16-,18-,31?/m1/s1. The van der Waals surface area contributed by atoms with E-state index in [9.17, 15) is 19.6 Å². The molecule has 12 nitrogen and oxygen atoms in total. The van der Waals surface area contributed by atoms with E-state index in [1.807, 2.05) is 0 Å². The zero-order valence-electron chi connectivity index (χ0n) is 16.6. The number of phosphoric ester groups is 1. The van der Waals surface area contributed by atoms with Gasteiger partial charge in [0.1, 0.15) is 23.6 Å². The van der Waals surface area contributed by atoms with Gasteiger partial charge in [0, 0.05) is 25.0 Å². The Kier molecular flexibility index (Phi) is 5.97. The van der Waals surface area contributed by atoms with E-state index in [0.29, 0.717) is 6.42 Å². The highest BCUT2D eigenvalue weighted by Crippen LogP contribution is 2.57. The first-order valence-corrected chi connectivity index (χ1v) is 11.0. The molecule has 4 heterocycles. The Bertz CT molecular complexity index is 1040. The maximum absolute atomic E-state index is 13.0. The van der Waals surface area contributed by atoms with Crippen molar-refractivity contribution in [2.75, 3.05) is 18.9 Å². The molecule has 2 unspecified atom stereocenters. The summed E-state index contributed by atoms with van der Waals surface area (Å²) < 4.78 is 36.0. The Morgan fingerprint density at radius 3 is 2.81 bits per heavy atom. The average molecular weight is 454 g/mol. The summed E-state index contributed by atoms with van der Waals surface area (Å²) in [6.45, 7) is 1.16. The highest BCUT2D eigenvalue weighted by Gasteiger charge is 2.54. The van der Waals surface area contributed by atoms with Crippen molar-refractivity contribution in [3.8, 4) is 0 Å². The van der Waals surface area contributed by atoms with Gasteiger partial charge in [-0.05, 0) is 30.7 Å². The number of pyridine rings is 1. The molecule has 0 saturated carbocycles. The van der Waals surface area contributed by atoms with Gasteiger partial charge in [0.25, 0.3) is 0 Å². The summed E-state index contributed by atoms with van der Waals surface area (Å²) in [5.41, 5.74) is 3.98. The highest BCUT2D eigenvalue weighted by atomic mass is 31.2. The van der Waals surface area contributed by atoms with Crippen LogP contribution in [-0.2, 0) is 22.9 Å². The van der Waals surface area contributed by atoms with Crippen LogP contribution >= 0.6 is 7.82 Å². The fourth-order valence-electron chi connectivity index (χ4n) is 3.48. The molecule has 6 atom stereocenters. The van der Waals surface area contributed by atoms with Gasteiger partial charge in [-0.25, -0.2) is 9.36 Å². The van der Waals surface area contributed by atoms with Crippen molar-refractivity contribution in [3.05, 3.63) is 52.8 Å². The number of hydrogen-bond donors (Lipinski definition) is 3. The van der Waals surface area contributed by atoms with Crippen molar-refractivity contribution in [1.29, 1.82) is 0 Å². The largest absolute Gasteiger partial charge is 0.475 e. The number of nitrogens with zero attached hydrogens (tertiary/aromatic N) is 3. The van der Waals surface area contributed by atoms with Crippen molar-refractivity contribution in [1.82, 2.24) is 14.5 Å². The Morgan fingerprint density at radius 2 is 2.10 bits per heavy atom. The van der Waals surface area contributed by atoms with Crippen LogP contribution in [-0.4, -0.2) is 55.8 Å². The third-order valence-corrected chi connectivity index (χ3v) is 6.69. The summed E-state index contributed by atoms with van der Waals surface area (Å²) in [5.74, 6) is 0.00817. The average Bonchev–Trinajstić information content (AvgIpc) is 2.98. The van der Waals surface area contributed by atoms with E-state index in [2.05, 4.69) is 9.97 Å². The van der Waals surface area contributed by atoms with Crippen molar-refractivity contribution in [2.24, 2.45) is 0 Å². The second-order valence-electron chi connectivity index (χ2n) is 7.52. The third kappa shape index (κ3) is 4.41. The molecule has 2 fully saturated rings. The van der Waals surface area contributed by atoms with Gasteiger partial charge < -0.3 is 20.7 Å². The molecule has 0 spiro atoms. The molecule has 2 saturated heterocycles. The van der Waals surface area contributed by atoms with Crippen LogP contribution in [0.25, 0.3) is 0 Å². The van der Waals surface area contributed by atoms with Gasteiger partial charge in [-0.3, -0.25) is 23.1 Å². The quantitative estimate of drug-likeness (QED) is 0.539. The van der Waals surface area contributed by atoms with Crippen LogP contribution in [0.15, 0.2) is 41.6 Å². The van der Waals surface area contributed by atoms with Crippen molar-refractivity contribution >= 4 is 13.6 Å². The lowest BCUT2D eigenvalue weighted by Crippen LogP contribution is -2.44. The normalized spacial score (nSPS) is 35.8. The lowest BCUT2D eigenvalue weighted by Gasteiger charge is -2.32. The monoisotopic (exact) mass is 454 g/mol. The maximum Gasteiger partial charge on any atom is 0.475 e. The fraction of sp³-hybridized carbons (Fsp3) is 0.500. The predicted octanol–water partition coefficient (Wildman–Crippen LogP) is 0.533. The molecule has 168 valence electrons. The molecule has 13 heteroatoms. The fourth-order valence-corrected chi connectivity index (χ4v) is 4.96. The van der Waals surface area contributed by atoms with Crippen LogP contribution in [0.4, 0.5) is 5.82 Å². The van der Waals surface area contributed by atoms with Crippen LogP contribution in [0.5, 0.6) is 0 Å². The molecular formula is C18H23N4O8P. The Morgan fingerprint density at radius 1 is 1.35 bits per heavy atom. The number of aliphatic hydroxyl groups excluding tert-OH is 2. The number of nitrogen functional groups attached to an aromatic ring is 1. The van der Waals surface area contributed by atoms with Crippen molar-refractivity contribution < 1.29 is 33.1 Å². The van der Waals surface area contributed by atoms with Crippen LogP contribution in [0.2, 0.25) is 0 Å². The maximum atomic E-state index is 13.0. The molecule has 2 aromatic rings.